The molecule has 1 aromatic carbocycles. The summed E-state index contributed by atoms with van der Waals surface area (Å²) in [6, 6.07) is 7.15. The molecule has 7 nitrogen and oxygen atoms in total. The third kappa shape index (κ3) is 4.30. The van der Waals surface area contributed by atoms with Crippen molar-refractivity contribution in [2.45, 2.75) is 32.0 Å². The molecule has 2 aromatic rings. The second-order valence-electron chi connectivity index (χ2n) is 6.42. The van der Waals surface area contributed by atoms with Crippen molar-refractivity contribution in [2.24, 2.45) is 0 Å². The Labute approximate surface area is 146 Å². The van der Waals surface area contributed by atoms with Gasteiger partial charge in [0, 0.05) is 13.1 Å². The molecule has 0 aliphatic carbocycles. The van der Waals surface area contributed by atoms with Gasteiger partial charge in [-0.1, -0.05) is 0 Å². The smallest absolute Gasteiger partial charge is 0.275 e. The lowest BCUT2D eigenvalue weighted by Gasteiger charge is -2.36. The predicted molar refractivity (Wildman–Crippen MR) is 89.6 cm³/mol. The van der Waals surface area contributed by atoms with Gasteiger partial charge in [-0.05, 0) is 44.0 Å². The maximum atomic E-state index is 12.5. The van der Waals surface area contributed by atoms with E-state index in [4.69, 9.17) is 13.9 Å². The highest BCUT2D eigenvalue weighted by atomic mass is 16.5. The summed E-state index contributed by atoms with van der Waals surface area (Å²) in [7, 11) is 1.60. The van der Waals surface area contributed by atoms with Crippen LogP contribution in [0.1, 0.15) is 36.1 Å². The Hall–Kier alpha value is -2.54. The minimum absolute atomic E-state index is 0.122. The van der Waals surface area contributed by atoms with Crippen molar-refractivity contribution in [3.05, 3.63) is 42.1 Å². The van der Waals surface area contributed by atoms with Crippen LogP contribution in [0.3, 0.4) is 0 Å². The summed E-state index contributed by atoms with van der Waals surface area (Å²) in [5.74, 6) is 1.48. The lowest BCUT2D eigenvalue weighted by atomic mass is 9.95. The molecule has 1 saturated heterocycles. The number of likely N-dealkylation sites (tertiary alicyclic amines) is 1. The molecule has 3 rings (SSSR count). The topological polar surface area (TPSA) is 85.0 Å². The van der Waals surface area contributed by atoms with Crippen LogP contribution in [0.25, 0.3) is 0 Å². The molecule has 1 aromatic heterocycles. The highest BCUT2D eigenvalue weighted by Crippen LogP contribution is 2.22. The molecule has 1 N–H and O–H groups in total. The minimum atomic E-state index is -0.849. The summed E-state index contributed by atoms with van der Waals surface area (Å²) < 4.78 is 16.0. The van der Waals surface area contributed by atoms with Gasteiger partial charge in [0.25, 0.3) is 5.91 Å². The van der Waals surface area contributed by atoms with E-state index in [9.17, 15) is 9.90 Å². The molecule has 1 aliphatic rings. The lowest BCUT2D eigenvalue weighted by Crippen LogP contribution is -2.48. The number of rotatable bonds is 5. The summed E-state index contributed by atoms with van der Waals surface area (Å²) in [5.41, 5.74) is -0.621. The summed E-state index contributed by atoms with van der Waals surface area (Å²) in [6.07, 6.45) is 2.79. The summed E-state index contributed by atoms with van der Waals surface area (Å²) in [5, 5.41) is 10.1. The van der Waals surface area contributed by atoms with Gasteiger partial charge in [-0.2, -0.15) is 0 Å². The van der Waals surface area contributed by atoms with Crippen LogP contribution in [-0.2, 0) is 6.61 Å². The SMILES string of the molecule is COc1ccc(OCc2nc(C(=O)N3CCC[C@@](C)(O)C3)co2)cc1. The number of benzene rings is 1. The first-order valence-corrected chi connectivity index (χ1v) is 8.20. The molecule has 0 bridgehead atoms. The van der Waals surface area contributed by atoms with Crippen molar-refractivity contribution in [3.63, 3.8) is 0 Å². The number of amides is 1. The van der Waals surface area contributed by atoms with Crippen LogP contribution in [0.2, 0.25) is 0 Å². The second kappa shape index (κ2) is 7.14. The Bertz CT molecular complexity index is 723. The molecule has 0 saturated carbocycles. The highest BCUT2D eigenvalue weighted by molar-refractivity contribution is 5.92. The van der Waals surface area contributed by atoms with Crippen molar-refractivity contribution < 1.29 is 23.8 Å². The van der Waals surface area contributed by atoms with Crippen molar-refractivity contribution in [1.29, 1.82) is 0 Å². The molecule has 1 fully saturated rings. The Kier molecular flexibility index (Phi) is 4.94. The van der Waals surface area contributed by atoms with E-state index in [1.54, 1.807) is 43.2 Å². The van der Waals surface area contributed by atoms with Gasteiger partial charge in [-0.3, -0.25) is 4.79 Å². The van der Waals surface area contributed by atoms with Gasteiger partial charge in [0.1, 0.15) is 17.8 Å². The molecule has 25 heavy (non-hydrogen) atoms. The van der Waals surface area contributed by atoms with E-state index in [1.807, 2.05) is 0 Å². The van der Waals surface area contributed by atoms with Crippen molar-refractivity contribution >= 4 is 5.91 Å². The first-order valence-electron chi connectivity index (χ1n) is 8.20. The van der Waals surface area contributed by atoms with Gasteiger partial charge in [-0.15, -0.1) is 0 Å². The monoisotopic (exact) mass is 346 g/mol. The van der Waals surface area contributed by atoms with Crippen molar-refractivity contribution in [1.82, 2.24) is 9.88 Å². The zero-order valence-corrected chi connectivity index (χ0v) is 14.4. The molecule has 1 aliphatic heterocycles. The average Bonchev–Trinajstić information content (AvgIpc) is 3.08. The Morgan fingerprint density at radius 1 is 1.36 bits per heavy atom. The molecule has 2 heterocycles. The lowest BCUT2D eigenvalue weighted by molar-refractivity contribution is -0.0109. The molecule has 1 amide bonds. The fourth-order valence-electron chi connectivity index (χ4n) is 2.85. The zero-order chi connectivity index (χ0) is 17.9. The van der Waals surface area contributed by atoms with Gasteiger partial charge in [-0.25, -0.2) is 4.98 Å². The number of hydrogen-bond donors (Lipinski definition) is 1. The number of piperidine rings is 1. The number of hydrogen-bond acceptors (Lipinski definition) is 6. The van der Waals surface area contributed by atoms with E-state index in [1.165, 1.54) is 6.26 Å². The fraction of sp³-hybridized carbons (Fsp3) is 0.444. The molecule has 0 unspecified atom stereocenters. The molecule has 134 valence electrons. The third-order valence-corrected chi connectivity index (χ3v) is 4.15. The molecule has 7 heteroatoms. The van der Waals surface area contributed by atoms with Crippen LogP contribution in [0.15, 0.2) is 34.9 Å². The Morgan fingerprint density at radius 3 is 2.76 bits per heavy atom. The number of carbonyl (C=O) groups is 1. The molecule has 0 radical (unpaired) electrons. The zero-order valence-electron chi connectivity index (χ0n) is 14.4. The standard InChI is InChI=1S/C18H22N2O5/c1-18(22)8-3-9-20(12-18)17(21)15-10-25-16(19-15)11-24-14-6-4-13(23-2)5-7-14/h4-7,10,22H,3,8-9,11-12H2,1-2H3/t18-/m1/s1. The van der Waals surface area contributed by atoms with Crippen molar-refractivity contribution in [3.8, 4) is 11.5 Å². The number of carbonyl (C=O) groups excluding carboxylic acids is 1. The van der Waals surface area contributed by atoms with Gasteiger partial charge >= 0.3 is 0 Å². The average molecular weight is 346 g/mol. The van der Waals surface area contributed by atoms with E-state index >= 15 is 0 Å². The number of oxazole rings is 1. The predicted octanol–water partition coefficient (Wildman–Crippen LogP) is 2.25. The fourth-order valence-corrected chi connectivity index (χ4v) is 2.85. The van der Waals surface area contributed by atoms with E-state index in [0.717, 1.165) is 12.2 Å². The summed E-state index contributed by atoms with van der Waals surface area (Å²) in [6.45, 7) is 2.77. The number of ether oxygens (including phenoxy) is 2. The number of methoxy groups -OCH3 is 1. The van der Waals surface area contributed by atoms with Crippen LogP contribution in [0.5, 0.6) is 11.5 Å². The Balaban J connectivity index is 1.58. The molecule has 1 atom stereocenters. The molecular formula is C18H22N2O5. The highest BCUT2D eigenvalue weighted by Gasteiger charge is 2.32. The maximum absolute atomic E-state index is 12.5. The van der Waals surface area contributed by atoms with Gasteiger partial charge < -0.3 is 23.9 Å². The molecule has 0 spiro atoms. The van der Waals surface area contributed by atoms with Gasteiger partial charge in [0.05, 0.1) is 12.7 Å². The van der Waals surface area contributed by atoms with E-state index < -0.39 is 5.60 Å². The van der Waals surface area contributed by atoms with E-state index in [2.05, 4.69) is 4.98 Å². The van der Waals surface area contributed by atoms with Crippen LogP contribution in [0.4, 0.5) is 0 Å². The number of aromatic nitrogens is 1. The summed E-state index contributed by atoms with van der Waals surface area (Å²) >= 11 is 0. The van der Waals surface area contributed by atoms with Crippen LogP contribution in [-0.4, -0.2) is 46.7 Å². The first kappa shape index (κ1) is 17.3. The van der Waals surface area contributed by atoms with Crippen LogP contribution >= 0.6 is 0 Å². The van der Waals surface area contributed by atoms with E-state index in [0.29, 0.717) is 31.2 Å². The van der Waals surface area contributed by atoms with Crippen molar-refractivity contribution in [2.75, 3.05) is 20.2 Å². The first-order chi connectivity index (χ1) is 12.0. The van der Waals surface area contributed by atoms with Gasteiger partial charge in [0.2, 0.25) is 5.89 Å². The largest absolute Gasteiger partial charge is 0.497 e. The van der Waals surface area contributed by atoms with Crippen LogP contribution in [0, 0.1) is 0 Å². The third-order valence-electron chi connectivity index (χ3n) is 4.15. The Morgan fingerprint density at radius 2 is 2.08 bits per heavy atom. The van der Waals surface area contributed by atoms with Crippen LogP contribution < -0.4 is 9.47 Å². The normalized spacial score (nSPS) is 20.4. The quantitative estimate of drug-likeness (QED) is 0.894. The minimum Gasteiger partial charge on any atom is -0.497 e. The number of β-amino-alcohol motifs (C(OH)–C–C–N with tert-alkyl or cyclic N) is 1. The maximum Gasteiger partial charge on any atom is 0.275 e. The molecular weight excluding hydrogens is 324 g/mol. The number of nitrogens with zero attached hydrogens (tertiary/aromatic N) is 2. The summed E-state index contributed by atoms with van der Waals surface area (Å²) in [4.78, 5) is 18.3. The van der Waals surface area contributed by atoms with Gasteiger partial charge in [0.15, 0.2) is 12.3 Å². The number of aliphatic hydroxyl groups is 1. The van der Waals surface area contributed by atoms with E-state index in [-0.39, 0.29) is 18.2 Å². The second-order valence-corrected chi connectivity index (χ2v) is 6.42.